The van der Waals surface area contributed by atoms with Crippen LogP contribution in [0.4, 0.5) is 0 Å². The van der Waals surface area contributed by atoms with Gasteiger partial charge in [0.1, 0.15) is 11.9 Å². The van der Waals surface area contributed by atoms with Gasteiger partial charge < -0.3 is 10.5 Å². The molecule has 0 aliphatic rings. The van der Waals surface area contributed by atoms with Gasteiger partial charge >= 0.3 is 0 Å². The molecule has 2 N–H and O–H groups in total. The number of halogens is 1. The van der Waals surface area contributed by atoms with Crippen molar-refractivity contribution in [1.82, 2.24) is 0 Å². The number of rotatable bonds is 4. The summed E-state index contributed by atoms with van der Waals surface area (Å²) in [5.74, 6) is 0.771. The summed E-state index contributed by atoms with van der Waals surface area (Å²) in [6.45, 7) is 4.01. The van der Waals surface area contributed by atoms with Crippen molar-refractivity contribution in [2.75, 3.05) is 0 Å². The van der Waals surface area contributed by atoms with Crippen molar-refractivity contribution in [3.63, 3.8) is 0 Å². The van der Waals surface area contributed by atoms with Crippen molar-refractivity contribution in [1.29, 1.82) is 0 Å². The largest absolute Gasteiger partial charge is 0.484 e. The van der Waals surface area contributed by atoms with Crippen LogP contribution in [0, 0.1) is 6.92 Å². The zero-order valence-corrected chi connectivity index (χ0v) is 11.9. The maximum absolute atomic E-state index is 6.05. The predicted octanol–water partition coefficient (Wildman–Crippen LogP) is 4.12. The Labute approximate surface area is 119 Å². The number of aryl methyl sites for hydroxylation is 1. The Morgan fingerprint density at radius 1 is 1.11 bits per heavy atom. The van der Waals surface area contributed by atoms with E-state index in [0.717, 1.165) is 11.3 Å². The highest BCUT2D eigenvalue weighted by Crippen LogP contribution is 2.25. The van der Waals surface area contributed by atoms with E-state index in [9.17, 15) is 0 Å². The van der Waals surface area contributed by atoms with E-state index in [1.807, 2.05) is 43.3 Å². The van der Waals surface area contributed by atoms with E-state index in [0.29, 0.717) is 5.02 Å². The summed E-state index contributed by atoms with van der Waals surface area (Å²) >= 11 is 5.87. The summed E-state index contributed by atoms with van der Waals surface area (Å²) in [6.07, 6.45) is -0.166. The van der Waals surface area contributed by atoms with Gasteiger partial charge in [-0.05, 0) is 43.7 Å². The number of benzene rings is 2. The third kappa shape index (κ3) is 3.72. The zero-order valence-electron chi connectivity index (χ0n) is 11.1. The van der Waals surface area contributed by atoms with Gasteiger partial charge in [-0.1, -0.05) is 41.4 Å². The van der Waals surface area contributed by atoms with Crippen molar-refractivity contribution in [2.45, 2.75) is 26.0 Å². The van der Waals surface area contributed by atoms with Crippen LogP contribution in [0.25, 0.3) is 0 Å². The van der Waals surface area contributed by atoms with E-state index >= 15 is 0 Å². The SMILES string of the molecule is Cc1cccc(C(Oc2ccc(Cl)cc2)C(C)N)c1. The van der Waals surface area contributed by atoms with E-state index in [4.69, 9.17) is 22.1 Å². The van der Waals surface area contributed by atoms with Gasteiger partial charge in [0.05, 0.1) is 0 Å². The van der Waals surface area contributed by atoms with E-state index in [2.05, 4.69) is 19.1 Å². The molecule has 0 bridgehead atoms. The first kappa shape index (κ1) is 13.9. The first-order chi connectivity index (χ1) is 9.06. The van der Waals surface area contributed by atoms with E-state index < -0.39 is 0 Å². The van der Waals surface area contributed by atoms with Gasteiger partial charge in [0.15, 0.2) is 0 Å². The van der Waals surface area contributed by atoms with Crippen LogP contribution in [0.1, 0.15) is 24.2 Å². The molecule has 0 heterocycles. The molecule has 0 aliphatic heterocycles. The molecule has 0 radical (unpaired) electrons. The summed E-state index contributed by atoms with van der Waals surface area (Å²) < 4.78 is 5.99. The van der Waals surface area contributed by atoms with Crippen LogP contribution >= 0.6 is 11.6 Å². The van der Waals surface area contributed by atoms with Gasteiger partial charge in [0.25, 0.3) is 0 Å². The molecule has 3 heteroatoms. The van der Waals surface area contributed by atoms with Crippen LogP contribution < -0.4 is 10.5 Å². The Balaban J connectivity index is 2.23. The van der Waals surface area contributed by atoms with Crippen molar-refractivity contribution in [3.8, 4) is 5.75 Å². The highest BCUT2D eigenvalue weighted by molar-refractivity contribution is 6.30. The summed E-state index contributed by atoms with van der Waals surface area (Å²) in [6, 6.07) is 15.5. The average molecular weight is 276 g/mol. The lowest BCUT2D eigenvalue weighted by Crippen LogP contribution is -2.29. The maximum Gasteiger partial charge on any atom is 0.138 e. The molecule has 0 saturated carbocycles. The van der Waals surface area contributed by atoms with Crippen LogP contribution in [-0.4, -0.2) is 6.04 Å². The Hall–Kier alpha value is -1.51. The van der Waals surface area contributed by atoms with Crippen molar-refractivity contribution in [2.24, 2.45) is 5.73 Å². The fraction of sp³-hybridized carbons (Fsp3) is 0.250. The number of hydrogen-bond acceptors (Lipinski definition) is 2. The van der Waals surface area contributed by atoms with Gasteiger partial charge in [0.2, 0.25) is 0 Å². The van der Waals surface area contributed by atoms with Crippen LogP contribution in [0.3, 0.4) is 0 Å². The second kappa shape index (κ2) is 6.09. The molecule has 100 valence electrons. The van der Waals surface area contributed by atoms with Gasteiger partial charge in [-0.3, -0.25) is 0 Å². The normalized spacial score (nSPS) is 13.9. The van der Waals surface area contributed by atoms with Crippen LogP contribution in [-0.2, 0) is 0 Å². The molecule has 0 aliphatic carbocycles. The smallest absolute Gasteiger partial charge is 0.138 e. The minimum atomic E-state index is -0.166. The van der Waals surface area contributed by atoms with E-state index in [-0.39, 0.29) is 12.1 Å². The molecule has 2 aromatic rings. The average Bonchev–Trinajstić information content (AvgIpc) is 2.37. The Kier molecular flexibility index (Phi) is 4.46. The third-order valence-corrected chi connectivity index (χ3v) is 3.18. The van der Waals surface area contributed by atoms with Crippen LogP contribution in [0.2, 0.25) is 5.02 Å². The lowest BCUT2D eigenvalue weighted by atomic mass is 10.0. The molecule has 2 rings (SSSR count). The fourth-order valence-corrected chi connectivity index (χ4v) is 2.11. The van der Waals surface area contributed by atoms with Crippen molar-refractivity contribution >= 4 is 11.6 Å². The fourth-order valence-electron chi connectivity index (χ4n) is 1.99. The lowest BCUT2D eigenvalue weighted by Gasteiger charge is -2.23. The highest BCUT2D eigenvalue weighted by Gasteiger charge is 2.18. The Morgan fingerprint density at radius 2 is 1.79 bits per heavy atom. The standard InChI is InChI=1S/C16H18ClNO/c1-11-4-3-5-13(10-11)16(12(2)18)19-15-8-6-14(17)7-9-15/h3-10,12,16H,18H2,1-2H3. The van der Waals surface area contributed by atoms with Crippen molar-refractivity contribution in [3.05, 3.63) is 64.7 Å². The lowest BCUT2D eigenvalue weighted by molar-refractivity contribution is 0.180. The molecule has 0 aromatic heterocycles. The molecule has 2 atom stereocenters. The quantitative estimate of drug-likeness (QED) is 0.911. The molecular formula is C16H18ClNO. The first-order valence-electron chi connectivity index (χ1n) is 6.30. The topological polar surface area (TPSA) is 35.2 Å². The summed E-state index contributed by atoms with van der Waals surface area (Å²) in [5, 5.41) is 0.695. The molecule has 2 nitrogen and oxygen atoms in total. The minimum absolute atomic E-state index is 0.0996. The van der Waals surface area contributed by atoms with Crippen molar-refractivity contribution < 1.29 is 4.74 Å². The molecular weight excluding hydrogens is 258 g/mol. The molecule has 0 amide bonds. The van der Waals surface area contributed by atoms with Gasteiger partial charge in [-0.2, -0.15) is 0 Å². The first-order valence-corrected chi connectivity index (χ1v) is 6.68. The maximum atomic E-state index is 6.05. The molecule has 2 unspecified atom stereocenters. The molecule has 2 aromatic carbocycles. The van der Waals surface area contributed by atoms with Crippen LogP contribution in [0.15, 0.2) is 48.5 Å². The van der Waals surface area contributed by atoms with E-state index in [1.54, 1.807) is 0 Å². The predicted molar refractivity (Wildman–Crippen MR) is 79.6 cm³/mol. The highest BCUT2D eigenvalue weighted by atomic mass is 35.5. The molecule has 0 saturated heterocycles. The molecule has 19 heavy (non-hydrogen) atoms. The third-order valence-electron chi connectivity index (χ3n) is 2.92. The summed E-state index contributed by atoms with van der Waals surface area (Å²) in [7, 11) is 0. The minimum Gasteiger partial charge on any atom is -0.484 e. The summed E-state index contributed by atoms with van der Waals surface area (Å²) in [4.78, 5) is 0. The Bertz CT molecular complexity index is 537. The van der Waals surface area contributed by atoms with Gasteiger partial charge in [-0.25, -0.2) is 0 Å². The number of nitrogens with two attached hydrogens (primary N) is 1. The Morgan fingerprint density at radius 3 is 2.37 bits per heavy atom. The van der Waals surface area contributed by atoms with Crippen LogP contribution in [0.5, 0.6) is 5.75 Å². The number of ether oxygens (including phenoxy) is 1. The number of hydrogen-bond donors (Lipinski definition) is 1. The zero-order chi connectivity index (χ0) is 13.8. The molecule has 0 fully saturated rings. The summed E-state index contributed by atoms with van der Waals surface area (Å²) in [5.41, 5.74) is 8.33. The van der Waals surface area contributed by atoms with Gasteiger partial charge in [0, 0.05) is 11.1 Å². The monoisotopic (exact) mass is 275 g/mol. The molecule has 0 spiro atoms. The second-order valence-corrected chi connectivity index (χ2v) is 5.20. The van der Waals surface area contributed by atoms with E-state index in [1.165, 1.54) is 5.56 Å². The van der Waals surface area contributed by atoms with Gasteiger partial charge in [-0.15, -0.1) is 0 Å². The second-order valence-electron chi connectivity index (χ2n) is 4.77.